The van der Waals surface area contributed by atoms with Crippen molar-refractivity contribution in [2.45, 2.75) is 38.4 Å². The molecule has 0 saturated carbocycles. The molecule has 3 aromatic rings. The Kier molecular flexibility index (Phi) is 4.66. The van der Waals surface area contributed by atoms with E-state index in [1.54, 1.807) is 11.3 Å². The standard InChI is InChI=1S/C21H22N4O2S/c1-13-23-24-21(28-13)14-2-3-15-9-22-17(7-16(15)6-14)8-18(26)10-25-11-19-4-5-20(12-25)27-19/h2-3,6-7,9,19-20H,4-5,8,10-12H2,1H3. The van der Waals surface area contributed by atoms with Crippen molar-refractivity contribution in [3.8, 4) is 10.6 Å². The number of carbonyl (C=O) groups is 1. The van der Waals surface area contributed by atoms with Crippen LogP contribution in [0.4, 0.5) is 0 Å². The summed E-state index contributed by atoms with van der Waals surface area (Å²) in [5.41, 5.74) is 1.87. The molecule has 28 heavy (non-hydrogen) atoms. The minimum Gasteiger partial charge on any atom is -0.372 e. The number of ketones is 1. The highest BCUT2D eigenvalue weighted by Gasteiger charge is 2.34. The molecule has 2 unspecified atom stereocenters. The van der Waals surface area contributed by atoms with E-state index in [-0.39, 0.29) is 5.78 Å². The molecule has 2 bridgehead atoms. The first-order valence-corrected chi connectivity index (χ1v) is 10.5. The Balaban J connectivity index is 1.30. The van der Waals surface area contributed by atoms with E-state index in [2.05, 4.69) is 26.1 Å². The number of likely N-dealkylation sites (tertiary alicyclic amines) is 1. The van der Waals surface area contributed by atoms with Gasteiger partial charge in [0.05, 0.1) is 25.2 Å². The van der Waals surface area contributed by atoms with Gasteiger partial charge in [0.2, 0.25) is 0 Å². The fourth-order valence-electron chi connectivity index (χ4n) is 4.17. The molecule has 4 heterocycles. The van der Waals surface area contributed by atoms with Crippen LogP contribution in [0.15, 0.2) is 30.5 Å². The van der Waals surface area contributed by atoms with Crippen LogP contribution >= 0.6 is 11.3 Å². The molecule has 5 rings (SSSR count). The first kappa shape index (κ1) is 17.8. The third kappa shape index (κ3) is 3.70. The van der Waals surface area contributed by atoms with Crippen LogP contribution in [0, 0.1) is 6.92 Å². The van der Waals surface area contributed by atoms with E-state index >= 15 is 0 Å². The fraction of sp³-hybridized carbons (Fsp3) is 0.429. The van der Waals surface area contributed by atoms with Crippen molar-refractivity contribution >= 4 is 27.9 Å². The number of pyridine rings is 1. The molecule has 6 nitrogen and oxygen atoms in total. The normalized spacial score (nSPS) is 22.0. The first-order valence-electron chi connectivity index (χ1n) is 9.71. The Morgan fingerprint density at radius 3 is 2.75 bits per heavy atom. The summed E-state index contributed by atoms with van der Waals surface area (Å²) in [4.78, 5) is 19.3. The van der Waals surface area contributed by atoms with E-state index in [1.165, 1.54) is 0 Å². The molecule has 2 saturated heterocycles. The van der Waals surface area contributed by atoms with Gasteiger partial charge in [-0.2, -0.15) is 0 Å². The van der Waals surface area contributed by atoms with Crippen molar-refractivity contribution in [2.24, 2.45) is 0 Å². The maximum absolute atomic E-state index is 12.6. The van der Waals surface area contributed by atoms with Crippen molar-refractivity contribution < 1.29 is 9.53 Å². The van der Waals surface area contributed by atoms with Gasteiger partial charge in [0.15, 0.2) is 5.78 Å². The van der Waals surface area contributed by atoms with Crippen LogP contribution in [0.1, 0.15) is 23.5 Å². The van der Waals surface area contributed by atoms with Crippen LogP contribution in [0.3, 0.4) is 0 Å². The van der Waals surface area contributed by atoms with Crippen molar-refractivity contribution in [1.29, 1.82) is 0 Å². The Morgan fingerprint density at radius 2 is 2.00 bits per heavy atom. The smallest absolute Gasteiger partial charge is 0.152 e. The SMILES string of the molecule is Cc1nnc(-c2ccc3cnc(CC(=O)CN4CC5CCC(C4)O5)cc3c2)s1. The van der Waals surface area contributed by atoms with Gasteiger partial charge < -0.3 is 4.74 Å². The monoisotopic (exact) mass is 394 g/mol. The number of aromatic nitrogens is 3. The lowest BCUT2D eigenvalue weighted by Crippen LogP contribution is -2.45. The second-order valence-electron chi connectivity index (χ2n) is 7.73. The Hall–Kier alpha value is -2.22. The summed E-state index contributed by atoms with van der Waals surface area (Å²) in [5.74, 6) is 0.212. The molecular weight excluding hydrogens is 372 g/mol. The van der Waals surface area contributed by atoms with E-state index in [9.17, 15) is 4.79 Å². The Morgan fingerprint density at radius 1 is 1.18 bits per heavy atom. The Bertz CT molecular complexity index is 1020. The molecule has 0 radical (unpaired) electrons. The van der Waals surface area contributed by atoms with Gasteiger partial charge in [-0.05, 0) is 37.3 Å². The predicted molar refractivity (Wildman–Crippen MR) is 108 cm³/mol. The number of benzene rings is 1. The van der Waals surface area contributed by atoms with Gasteiger partial charge in [0.25, 0.3) is 0 Å². The number of aryl methyl sites for hydroxylation is 1. The topological polar surface area (TPSA) is 68.2 Å². The van der Waals surface area contributed by atoms with E-state index < -0.39 is 0 Å². The summed E-state index contributed by atoms with van der Waals surface area (Å²) in [5, 5.41) is 12.3. The van der Waals surface area contributed by atoms with Gasteiger partial charge in [-0.1, -0.05) is 23.5 Å². The van der Waals surface area contributed by atoms with Gasteiger partial charge >= 0.3 is 0 Å². The van der Waals surface area contributed by atoms with E-state index in [0.29, 0.717) is 25.2 Å². The molecule has 2 aromatic heterocycles. The third-order valence-corrected chi connectivity index (χ3v) is 6.34. The number of hydrogen-bond acceptors (Lipinski definition) is 7. The number of morpholine rings is 1. The zero-order chi connectivity index (χ0) is 19.1. The number of ether oxygens (including phenoxy) is 1. The fourth-order valence-corrected chi connectivity index (χ4v) is 4.85. The van der Waals surface area contributed by atoms with Gasteiger partial charge in [0.1, 0.15) is 10.0 Å². The number of rotatable bonds is 5. The molecule has 0 N–H and O–H groups in total. The highest BCUT2D eigenvalue weighted by atomic mass is 32.1. The summed E-state index contributed by atoms with van der Waals surface area (Å²) < 4.78 is 5.85. The molecule has 0 amide bonds. The summed E-state index contributed by atoms with van der Waals surface area (Å²) in [6.45, 7) is 4.19. The van der Waals surface area contributed by atoms with Crippen LogP contribution in [0.2, 0.25) is 0 Å². The van der Waals surface area contributed by atoms with Crippen LogP contribution in [0.25, 0.3) is 21.3 Å². The van der Waals surface area contributed by atoms with Gasteiger partial charge in [-0.25, -0.2) is 0 Å². The van der Waals surface area contributed by atoms with Crippen LogP contribution in [-0.2, 0) is 16.0 Å². The molecule has 2 fully saturated rings. The van der Waals surface area contributed by atoms with Crippen LogP contribution in [-0.4, -0.2) is 57.7 Å². The van der Waals surface area contributed by atoms with Gasteiger partial charge in [0, 0.05) is 35.9 Å². The average Bonchev–Trinajstić information content (AvgIpc) is 3.26. The second-order valence-corrected chi connectivity index (χ2v) is 8.91. The van der Waals surface area contributed by atoms with Gasteiger partial charge in [-0.3, -0.25) is 14.7 Å². The number of carbonyl (C=O) groups excluding carboxylic acids is 1. The van der Waals surface area contributed by atoms with Crippen LogP contribution < -0.4 is 0 Å². The van der Waals surface area contributed by atoms with Crippen molar-refractivity contribution in [1.82, 2.24) is 20.1 Å². The second kappa shape index (κ2) is 7.31. The maximum atomic E-state index is 12.6. The highest BCUT2D eigenvalue weighted by Crippen LogP contribution is 2.28. The van der Waals surface area contributed by atoms with E-state index in [4.69, 9.17) is 4.74 Å². The molecular formula is C21H22N4O2S. The largest absolute Gasteiger partial charge is 0.372 e. The number of fused-ring (bicyclic) bond motifs is 3. The van der Waals surface area contributed by atoms with Crippen molar-refractivity contribution in [3.63, 3.8) is 0 Å². The first-order chi connectivity index (χ1) is 13.6. The summed E-state index contributed by atoms with van der Waals surface area (Å²) in [6.07, 6.45) is 5.09. The number of hydrogen-bond donors (Lipinski definition) is 0. The van der Waals surface area contributed by atoms with Crippen molar-refractivity contribution in [2.75, 3.05) is 19.6 Å². The Labute approximate surface area is 167 Å². The molecule has 144 valence electrons. The lowest BCUT2D eigenvalue weighted by Gasteiger charge is -2.31. The van der Waals surface area contributed by atoms with E-state index in [0.717, 1.165) is 58.0 Å². The molecule has 7 heteroatoms. The zero-order valence-electron chi connectivity index (χ0n) is 15.8. The number of Topliss-reactive ketones (excluding diaryl/α,β-unsaturated/α-hetero) is 1. The molecule has 0 spiro atoms. The molecule has 0 aliphatic carbocycles. The molecule has 2 aliphatic rings. The van der Waals surface area contributed by atoms with E-state index in [1.807, 2.05) is 31.3 Å². The number of nitrogens with zero attached hydrogens (tertiary/aromatic N) is 4. The lowest BCUT2D eigenvalue weighted by atomic mass is 10.1. The van der Waals surface area contributed by atoms with Crippen molar-refractivity contribution in [3.05, 3.63) is 41.2 Å². The van der Waals surface area contributed by atoms with Crippen LogP contribution in [0.5, 0.6) is 0 Å². The summed E-state index contributed by atoms with van der Waals surface area (Å²) >= 11 is 1.58. The lowest BCUT2D eigenvalue weighted by molar-refractivity contribution is -0.122. The maximum Gasteiger partial charge on any atom is 0.152 e. The molecule has 2 aliphatic heterocycles. The van der Waals surface area contributed by atoms with Gasteiger partial charge in [-0.15, -0.1) is 10.2 Å². The minimum atomic E-state index is 0.212. The summed E-state index contributed by atoms with van der Waals surface area (Å²) in [7, 11) is 0. The third-order valence-electron chi connectivity index (χ3n) is 5.45. The minimum absolute atomic E-state index is 0.212. The summed E-state index contributed by atoms with van der Waals surface area (Å²) in [6, 6.07) is 8.21. The molecule has 1 aromatic carbocycles. The zero-order valence-corrected chi connectivity index (χ0v) is 16.6. The average molecular weight is 395 g/mol. The molecule has 2 atom stereocenters. The highest BCUT2D eigenvalue weighted by molar-refractivity contribution is 7.14. The quantitative estimate of drug-likeness (QED) is 0.663. The predicted octanol–water partition coefficient (Wildman–Crippen LogP) is 3.04.